The Labute approximate surface area is 217 Å². The van der Waals surface area contributed by atoms with Crippen LogP contribution < -0.4 is 10.9 Å². The van der Waals surface area contributed by atoms with Gasteiger partial charge in [-0.25, -0.2) is 9.37 Å². The first-order valence-corrected chi connectivity index (χ1v) is 11.8. The molecule has 5 aromatic rings. The van der Waals surface area contributed by atoms with Gasteiger partial charge < -0.3 is 20.0 Å². The fourth-order valence-corrected chi connectivity index (χ4v) is 4.16. The number of para-hydroxylation sites is 1. The summed E-state index contributed by atoms with van der Waals surface area (Å²) in [7, 11) is 1.66. The van der Waals surface area contributed by atoms with Crippen molar-refractivity contribution in [2.24, 2.45) is 7.05 Å². The highest BCUT2D eigenvalue weighted by Gasteiger charge is 2.24. The fourth-order valence-electron chi connectivity index (χ4n) is 4.16. The van der Waals surface area contributed by atoms with Crippen LogP contribution in [0, 0.1) is 24.6 Å². The molecule has 0 saturated carbocycles. The number of aromatic hydroxyl groups is 1. The van der Waals surface area contributed by atoms with Crippen LogP contribution in [-0.2, 0) is 7.05 Å². The maximum atomic E-state index is 14.2. The summed E-state index contributed by atoms with van der Waals surface area (Å²) in [5, 5.41) is 14.3. The first kappa shape index (κ1) is 24.5. The van der Waals surface area contributed by atoms with Crippen molar-refractivity contribution in [3.8, 4) is 17.6 Å². The molecule has 0 unspecified atom stereocenters. The summed E-state index contributed by atoms with van der Waals surface area (Å²) in [4.78, 5) is 32.9. The molecule has 3 aromatic heterocycles. The zero-order valence-electron chi connectivity index (χ0n) is 20.6. The lowest BCUT2D eigenvalue weighted by Gasteiger charge is -2.19. The van der Waals surface area contributed by atoms with E-state index in [9.17, 15) is 19.1 Å². The molecular formula is C30H23FN4O3. The van der Waals surface area contributed by atoms with Crippen molar-refractivity contribution in [1.82, 2.24) is 19.9 Å². The molecule has 0 fully saturated rings. The number of benzene rings is 2. The van der Waals surface area contributed by atoms with Crippen LogP contribution in [0.25, 0.3) is 10.9 Å². The fraction of sp³-hybridized carbons (Fsp3) is 0.100. The zero-order chi connectivity index (χ0) is 26.8. The summed E-state index contributed by atoms with van der Waals surface area (Å²) in [6.07, 6.45) is 1.63. The van der Waals surface area contributed by atoms with Gasteiger partial charge >= 0.3 is 0 Å². The molecular weight excluding hydrogens is 483 g/mol. The van der Waals surface area contributed by atoms with Crippen molar-refractivity contribution >= 4 is 16.8 Å². The zero-order valence-corrected chi connectivity index (χ0v) is 20.6. The monoisotopic (exact) mass is 506 g/mol. The van der Waals surface area contributed by atoms with Crippen LogP contribution in [0.15, 0.2) is 83.8 Å². The smallest absolute Gasteiger partial charge is 0.270 e. The van der Waals surface area contributed by atoms with Crippen LogP contribution in [0.3, 0.4) is 0 Å². The van der Waals surface area contributed by atoms with Crippen LogP contribution in [0.4, 0.5) is 4.39 Å². The third-order valence-corrected chi connectivity index (χ3v) is 6.08. The maximum Gasteiger partial charge on any atom is 0.270 e. The highest BCUT2D eigenvalue weighted by atomic mass is 19.1. The second kappa shape index (κ2) is 10.1. The van der Waals surface area contributed by atoms with Crippen LogP contribution in [-0.4, -0.2) is 25.5 Å². The van der Waals surface area contributed by atoms with Crippen LogP contribution >= 0.6 is 0 Å². The number of pyridine rings is 2. The van der Waals surface area contributed by atoms with Crippen LogP contribution in [0.1, 0.15) is 44.6 Å². The SMILES string of the molecule is Cc1cc(C#Cc2ccn(C)c(=O)c2)cc(C(=O)N[C@@H](c2cc3ccccc3[nH]2)c2cc(F)ccc2O)n1. The average molecular weight is 507 g/mol. The molecule has 2 aromatic carbocycles. The summed E-state index contributed by atoms with van der Waals surface area (Å²) in [6, 6.07) is 18.6. The number of nitrogens with zero attached hydrogens (tertiary/aromatic N) is 2. The van der Waals surface area contributed by atoms with Gasteiger partial charge in [-0.1, -0.05) is 30.0 Å². The third kappa shape index (κ3) is 5.18. The number of amides is 1. The van der Waals surface area contributed by atoms with E-state index in [1.165, 1.54) is 22.8 Å². The maximum absolute atomic E-state index is 14.2. The number of nitrogens with one attached hydrogen (secondary N) is 2. The number of hydrogen-bond acceptors (Lipinski definition) is 4. The van der Waals surface area contributed by atoms with E-state index in [0.717, 1.165) is 17.0 Å². The summed E-state index contributed by atoms with van der Waals surface area (Å²) in [6.45, 7) is 1.74. The van der Waals surface area contributed by atoms with E-state index < -0.39 is 17.8 Å². The van der Waals surface area contributed by atoms with Crippen molar-refractivity contribution in [3.63, 3.8) is 0 Å². The number of fused-ring (bicyclic) bond motifs is 1. The standard InChI is InChI=1S/C30H23FN4O3/c1-18-13-20(8-7-19-11-12-35(2)28(37)15-19)14-26(32-18)30(38)34-29(23-17-22(31)9-10-27(23)36)25-16-21-5-3-4-6-24(21)33-25/h3-6,9-17,29,33,36H,1-2H3,(H,34,38)/t29-/m1/s1. The minimum Gasteiger partial charge on any atom is -0.508 e. The Balaban J connectivity index is 1.50. The summed E-state index contributed by atoms with van der Waals surface area (Å²) < 4.78 is 15.6. The number of halogens is 1. The summed E-state index contributed by atoms with van der Waals surface area (Å²) >= 11 is 0. The molecule has 0 aliphatic heterocycles. The highest BCUT2D eigenvalue weighted by molar-refractivity contribution is 5.93. The van der Waals surface area contributed by atoms with Gasteiger partial charge in [-0.15, -0.1) is 0 Å². The Morgan fingerprint density at radius 1 is 1.05 bits per heavy atom. The second-order valence-electron chi connectivity index (χ2n) is 8.92. The molecule has 3 N–H and O–H groups in total. The first-order valence-electron chi connectivity index (χ1n) is 11.8. The second-order valence-corrected chi connectivity index (χ2v) is 8.92. The molecule has 1 atom stereocenters. The largest absolute Gasteiger partial charge is 0.508 e. The lowest BCUT2D eigenvalue weighted by molar-refractivity contribution is 0.0936. The van der Waals surface area contributed by atoms with Gasteiger partial charge in [-0.05, 0) is 60.8 Å². The number of carbonyl (C=O) groups excluding carboxylic acids is 1. The molecule has 0 bridgehead atoms. The van der Waals surface area contributed by atoms with Gasteiger partial charge in [-0.3, -0.25) is 9.59 Å². The van der Waals surface area contributed by atoms with Crippen molar-refractivity contribution in [3.05, 3.63) is 129 Å². The lowest BCUT2D eigenvalue weighted by atomic mass is 10.0. The quantitative estimate of drug-likeness (QED) is 0.316. The van der Waals surface area contributed by atoms with E-state index in [4.69, 9.17) is 0 Å². The molecule has 1 amide bonds. The number of phenolic OH excluding ortho intramolecular Hbond substituents is 1. The Morgan fingerprint density at radius 3 is 2.63 bits per heavy atom. The molecule has 8 heteroatoms. The van der Waals surface area contributed by atoms with E-state index in [0.29, 0.717) is 22.5 Å². The van der Waals surface area contributed by atoms with Crippen LogP contribution in [0.5, 0.6) is 5.75 Å². The highest BCUT2D eigenvalue weighted by Crippen LogP contribution is 2.31. The Morgan fingerprint density at radius 2 is 1.84 bits per heavy atom. The predicted octanol–water partition coefficient (Wildman–Crippen LogP) is 4.33. The minimum atomic E-state index is -0.886. The Bertz CT molecular complexity index is 1780. The van der Waals surface area contributed by atoms with Crippen molar-refractivity contribution in [2.45, 2.75) is 13.0 Å². The summed E-state index contributed by atoms with van der Waals surface area (Å²) in [5.74, 6) is 4.69. The molecule has 3 heterocycles. The number of aryl methyl sites for hydroxylation is 2. The number of aromatic amines is 1. The Kier molecular flexibility index (Phi) is 6.50. The number of H-pyrrole nitrogens is 1. The van der Waals surface area contributed by atoms with Crippen molar-refractivity contribution in [1.29, 1.82) is 0 Å². The van der Waals surface area contributed by atoms with Gasteiger partial charge in [0.2, 0.25) is 0 Å². The lowest BCUT2D eigenvalue weighted by Crippen LogP contribution is -2.30. The minimum absolute atomic E-state index is 0.107. The molecule has 7 nitrogen and oxygen atoms in total. The topological polar surface area (TPSA) is 100 Å². The van der Waals surface area contributed by atoms with Gasteiger partial charge in [0, 0.05) is 52.9 Å². The van der Waals surface area contributed by atoms with Gasteiger partial charge in [-0.2, -0.15) is 0 Å². The number of aromatic nitrogens is 3. The van der Waals surface area contributed by atoms with Gasteiger partial charge in [0.25, 0.3) is 11.5 Å². The normalized spacial score (nSPS) is 11.6. The molecule has 188 valence electrons. The molecule has 0 aliphatic rings. The molecule has 0 spiro atoms. The van der Waals surface area contributed by atoms with Crippen LogP contribution in [0.2, 0.25) is 0 Å². The van der Waals surface area contributed by atoms with E-state index in [-0.39, 0.29) is 22.6 Å². The van der Waals surface area contributed by atoms with Crippen molar-refractivity contribution in [2.75, 3.05) is 0 Å². The molecule has 38 heavy (non-hydrogen) atoms. The van der Waals surface area contributed by atoms with Gasteiger partial charge in [0.1, 0.15) is 17.3 Å². The van der Waals surface area contributed by atoms with Crippen molar-refractivity contribution < 1.29 is 14.3 Å². The van der Waals surface area contributed by atoms with Gasteiger partial charge in [0.05, 0.1) is 6.04 Å². The number of carbonyl (C=O) groups is 1. The Hall–Kier alpha value is -5.16. The molecule has 5 rings (SSSR count). The average Bonchev–Trinajstić information content (AvgIpc) is 3.33. The van der Waals surface area contributed by atoms with E-state index in [1.54, 1.807) is 38.4 Å². The van der Waals surface area contributed by atoms with E-state index in [1.807, 2.05) is 30.3 Å². The number of rotatable bonds is 4. The predicted molar refractivity (Wildman–Crippen MR) is 142 cm³/mol. The van der Waals surface area contributed by atoms with E-state index >= 15 is 0 Å². The summed E-state index contributed by atoms with van der Waals surface area (Å²) in [5.41, 5.74) is 3.19. The first-order chi connectivity index (χ1) is 18.3. The number of phenols is 1. The van der Waals surface area contributed by atoms with E-state index in [2.05, 4.69) is 27.1 Å². The molecule has 0 saturated heterocycles. The number of hydrogen-bond donors (Lipinski definition) is 3. The van der Waals surface area contributed by atoms with Gasteiger partial charge in [0.15, 0.2) is 0 Å². The molecule has 0 aliphatic carbocycles. The third-order valence-electron chi connectivity index (χ3n) is 6.08. The molecule has 0 radical (unpaired) electrons.